The van der Waals surface area contributed by atoms with Gasteiger partial charge in [0.1, 0.15) is 0 Å². The highest BCUT2D eigenvalue weighted by atomic mass is 35.5. The van der Waals surface area contributed by atoms with Crippen molar-refractivity contribution in [1.82, 2.24) is 4.90 Å². The van der Waals surface area contributed by atoms with Gasteiger partial charge in [-0.25, -0.2) is 0 Å². The Morgan fingerprint density at radius 3 is 2.35 bits per heavy atom. The number of nitrogens with two attached hydrogens (primary N) is 1. The summed E-state index contributed by atoms with van der Waals surface area (Å²) in [6.45, 7) is 2.53. The van der Waals surface area contributed by atoms with Crippen molar-refractivity contribution >= 4 is 29.9 Å². The number of ether oxygens (including phenoxy) is 1. The fourth-order valence-electron chi connectivity index (χ4n) is 2.42. The van der Waals surface area contributed by atoms with Crippen molar-refractivity contribution < 1.29 is 14.3 Å². The van der Waals surface area contributed by atoms with Crippen molar-refractivity contribution in [2.75, 3.05) is 31.6 Å². The zero-order chi connectivity index (χ0) is 15.6. The van der Waals surface area contributed by atoms with Gasteiger partial charge in [0.05, 0.1) is 25.2 Å². The first kappa shape index (κ1) is 17.7. The number of rotatable bonds is 4. The van der Waals surface area contributed by atoms with Gasteiger partial charge in [-0.1, -0.05) is 12.1 Å². The lowest BCUT2D eigenvalue weighted by molar-refractivity contribution is -0.134. The summed E-state index contributed by atoms with van der Waals surface area (Å²) in [6.07, 6.45) is 1.85. The van der Waals surface area contributed by atoms with Crippen LogP contribution < -0.4 is 11.1 Å². The van der Waals surface area contributed by atoms with Gasteiger partial charge in [0.2, 0.25) is 11.8 Å². The fraction of sp³-hybridized carbons (Fsp3) is 0.500. The topological polar surface area (TPSA) is 84.7 Å². The summed E-state index contributed by atoms with van der Waals surface area (Å²) in [7, 11) is 0. The molecule has 0 unspecified atom stereocenters. The number of anilines is 1. The minimum atomic E-state index is -0.676. The van der Waals surface area contributed by atoms with Crippen LogP contribution in [0.15, 0.2) is 24.3 Å². The van der Waals surface area contributed by atoms with E-state index in [0.29, 0.717) is 38.4 Å². The van der Waals surface area contributed by atoms with Crippen LogP contribution in [0.25, 0.3) is 0 Å². The Morgan fingerprint density at radius 2 is 1.78 bits per heavy atom. The number of nitrogens with zero attached hydrogens (tertiary/aromatic N) is 1. The predicted octanol–water partition coefficient (Wildman–Crippen LogP) is 0.939. The Bertz CT molecular complexity index is 566. The van der Waals surface area contributed by atoms with Crippen LogP contribution in [0.2, 0.25) is 0 Å². The van der Waals surface area contributed by atoms with E-state index in [9.17, 15) is 9.59 Å². The summed E-state index contributed by atoms with van der Waals surface area (Å²) in [5.41, 5.74) is 6.81. The second kappa shape index (κ2) is 7.29. The van der Waals surface area contributed by atoms with E-state index in [1.165, 1.54) is 0 Å². The quantitative estimate of drug-likeness (QED) is 0.855. The molecular formula is C16H22ClN3O3. The molecule has 1 saturated heterocycles. The third-order valence-corrected chi connectivity index (χ3v) is 4.17. The summed E-state index contributed by atoms with van der Waals surface area (Å²) in [6, 6.07) is 7.35. The fourth-order valence-corrected chi connectivity index (χ4v) is 2.42. The summed E-state index contributed by atoms with van der Waals surface area (Å²) >= 11 is 0. The molecule has 0 bridgehead atoms. The highest BCUT2D eigenvalue weighted by Gasteiger charge is 2.45. The lowest BCUT2D eigenvalue weighted by atomic mass is 10.1. The number of amides is 2. The number of halogens is 1. The molecule has 7 heteroatoms. The highest BCUT2D eigenvalue weighted by molar-refractivity contribution is 6.00. The van der Waals surface area contributed by atoms with Gasteiger partial charge < -0.3 is 20.7 Å². The molecule has 0 radical (unpaired) electrons. The van der Waals surface area contributed by atoms with E-state index < -0.39 is 5.54 Å². The molecule has 1 aromatic carbocycles. The minimum Gasteiger partial charge on any atom is -0.378 e. The second-order valence-corrected chi connectivity index (χ2v) is 5.98. The van der Waals surface area contributed by atoms with E-state index in [2.05, 4.69) is 5.32 Å². The van der Waals surface area contributed by atoms with Gasteiger partial charge in [-0.2, -0.15) is 0 Å². The monoisotopic (exact) mass is 339 g/mol. The Kier molecular flexibility index (Phi) is 5.62. The molecule has 0 spiro atoms. The van der Waals surface area contributed by atoms with E-state index >= 15 is 0 Å². The SMILES string of the molecule is Cl.NC1(C(=O)Nc2ccc(CC(=O)N3CCOCC3)cc2)CC1. The van der Waals surface area contributed by atoms with E-state index in [1.807, 2.05) is 29.2 Å². The zero-order valence-corrected chi connectivity index (χ0v) is 13.7. The van der Waals surface area contributed by atoms with Gasteiger partial charge in [-0.05, 0) is 30.5 Å². The second-order valence-electron chi connectivity index (χ2n) is 5.98. The molecule has 2 aliphatic rings. The summed E-state index contributed by atoms with van der Waals surface area (Å²) in [4.78, 5) is 25.8. The molecule has 23 heavy (non-hydrogen) atoms. The Balaban J connectivity index is 0.00000192. The average molecular weight is 340 g/mol. The molecule has 2 amide bonds. The first-order chi connectivity index (χ1) is 10.6. The van der Waals surface area contributed by atoms with Crippen molar-refractivity contribution in [3.8, 4) is 0 Å². The molecule has 1 aromatic rings. The van der Waals surface area contributed by atoms with E-state index in [1.54, 1.807) is 0 Å². The molecular weight excluding hydrogens is 318 g/mol. The number of carbonyl (C=O) groups is 2. The maximum absolute atomic E-state index is 12.2. The van der Waals surface area contributed by atoms with Crippen LogP contribution >= 0.6 is 12.4 Å². The van der Waals surface area contributed by atoms with Crippen LogP contribution in [-0.2, 0) is 20.7 Å². The maximum atomic E-state index is 12.2. The lowest BCUT2D eigenvalue weighted by Gasteiger charge is -2.26. The molecule has 1 aliphatic carbocycles. The van der Waals surface area contributed by atoms with Crippen LogP contribution in [0.3, 0.4) is 0 Å². The smallest absolute Gasteiger partial charge is 0.244 e. The van der Waals surface area contributed by atoms with Gasteiger partial charge in [-0.3, -0.25) is 9.59 Å². The number of benzene rings is 1. The normalized spacial score (nSPS) is 18.7. The van der Waals surface area contributed by atoms with Crippen LogP contribution in [0.1, 0.15) is 18.4 Å². The van der Waals surface area contributed by atoms with E-state index in [0.717, 1.165) is 18.4 Å². The Hall–Kier alpha value is -1.63. The van der Waals surface area contributed by atoms with E-state index in [4.69, 9.17) is 10.5 Å². The highest BCUT2D eigenvalue weighted by Crippen LogP contribution is 2.33. The molecule has 0 atom stereocenters. The molecule has 0 aromatic heterocycles. The largest absolute Gasteiger partial charge is 0.378 e. The number of hydrogen-bond donors (Lipinski definition) is 2. The molecule has 3 rings (SSSR count). The van der Waals surface area contributed by atoms with Crippen molar-refractivity contribution in [3.63, 3.8) is 0 Å². The van der Waals surface area contributed by atoms with Crippen LogP contribution in [-0.4, -0.2) is 48.6 Å². The summed E-state index contributed by atoms with van der Waals surface area (Å²) < 4.78 is 5.24. The van der Waals surface area contributed by atoms with Gasteiger partial charge in [0.15, 0.2) is 0 Å². The van der Waals surface area contributed by atoms with Gasteiger partial charge >= 0.3 is 0 Å². The zero-order valence-electron chi connectivity index (χ0n) is 12.9. The van der Waals surface area contributed by atoms with Crippen molar-refractivity contribution in [2.45, 2.75) is 24.8 Å². The number of morpholine rings is 1. The molecule has 1 saturated carbocycles. The van der Waals surface area contributed by atoms with Crippen LogP contribution in [0.5, 0.6) is 0 Å². The molecule has 1 aliphatic heterocycles. The number of hydrogen-bond acceptors (Lipinski definition) is 4. The van der Waals surface area contributed by atoms with Gasteiger partial charge in [0.25, 0.3) is 0 Å². The van der Waals surface area contributed by atoms with Crippen LogP contribution in [0.4, 0.5) is 5.69 Å². The van der Waals surface area contributed by atoms with Crippen LogP contribution in [0, 0.1) is 0 Å². The Morgan fingerprint density at radius 1 is 1.17 bits per heavy atom. The predicted molar refractivity (Wildman–Crippen MR) is 89.6 cm³/mol. The molecule has 3 N–H and O–H groups in total. The van der Waals surface area contributed by atoms with Crippen molar-refractivity contribution in [3.05, 3.63) is 29.8 Å². The average Bonchev–Trinajstić information content (AvgIpc) is 3.29. The molecule has 126 valence electrons. The van der Waals surface area contributed by atoms with Crippen molar-refractivity contribution in [1.29, 1.82) is 0 Å². The molecule has 6 nitrogen and oxygen atoms in total. The Labute approximate surface area is 141 Å². The van der Waals surface area contributed by atoms with E-state index in [-0.39, 0.29) is 24.2 Å². The first-order valence-electron chi connectivity index (χ1n) is 7.62. The first-order valence-corrected chi connectivity index (χ1v) is 7.62. The maximum Gasteiger partial charge on any atom is 0.244 e. The summed E-state index contributed by atoms with van der Waals surface area (Å²) in [5.74, 6) is -0.0244. The molecule has 1 heterocycles. The standard InChI is InChI=1S/C16H21N3O3.ClH/c17-16(5-6-16)15(21)18-13-3-1-12(2-4-13)11-14(20)19-7-9-22-10-8-19;/h1-4H,5-11,17H2,(H,18,21);1H. The van der Waals surface area contributed by atoms with Crippen molar-refractivity contribution in [2.24, 2.45) is 5.73 Å². The lowest BCUT2D eigenvalue weighted by Crippen LogP contribution is -2.41. The number of nitrogens with one attached hydrogen (secondary N) is 1. The minimum absolute atomic E-state index is 0. The van der Waals surface area contributed by atoms with Gasteiger partial charge in [0, 0.05) is 18.8 Å². The number of carbonyl (C=O) groups excluding carboxylic acids is 2. The molecule has 2 fully saturated rings. The third kappa shape index (κ3) is 4.43. The third-order valence-electron chi connectivity index (χ3n) is 4.17. The summed E-state index contributed by atoms with van der Waals surface area (Å²) in [5, 5.41) is 2.81. The van der Waals surface area contributed by atoms with Gasteiger partial charge in [-0.15, -0.1) is 12.4 Å².